The third-order valence-corrected chi connectivity index (χ3v) is 4.46. The van der Waals surface area contributed by atoms with Crippen LogP contribution in [-0.4, -0.2) is 6.54 Å². The molecule has 1 N–H and O–H groups in total. The van der Waals surface area contributed by atoms with Crippen molar-refractivity contribution in [3.63, 3.8) is 0 Å². The fraction of sp³-hybridized carbons (Fsp3) is 0.375. The molecule has 1 aromatic heterocycles. The molecule has 20 heavy (non-hydrogen) atoms. The molecule has 2 aromatic rings. The van der Waals surface area contributed by atoms with Gasteiger partial charge >= 0.3 is 0 Å². The van der Waals surface area contributed by atoms with Gasteiger partial charge in [-0.1, -0.05) is 35.8 Å². The molecule has 0 unspecified atom stereocenters. The van der Waals surface area contributed by atoms with E-state index in [4.69, 9.17) is 4.42 Å². The van der Waals surface area contributed by atoms with Crippen LogP contribution < -0.4 is 5.32 Å². The van der Waals surface area contributed by atoms with Crippen LogP contribution in [0.5, 0.6) is 0 Å². The first-order chi connectivity index (χ1) is 9.65. The van der Waals surface area contributed by atoms with Gasteiger partial charge in [-0.2, -0.15) is 0 Å². The molecule has 108 valence electrons. The maximum atomic E-state index is 5.39. The summed E-state index contributed by atoms with van der Waals surface area (Å²) >= 11 is 5.36. The van der Waals surface area contributed by atoms with Gasteiger partial charge in [-0.3, -0.25) is 0 Å². The number of halogens is 1. The van der Waals surface area contributed by atoms with Crippen LogP contribution >= 0.6 is 27.7 Å². The maximum Gasteiger partial charge on any atom is 0.113 e. The largest absolute Gasteiger partial charge is 0.468 e. The lowest BCUT2D eigenvalue weighted by Gasteiger charge is -2.12. The van der Waals surface area contributed by atoms with E-state index >= 15 is 0 Å². The topological polar surface area (TPSA) is 25.2 Å². The molecule has 0 aliphatic rings. The van der Waals surface area contributed by atoms with Crippen molar-refractivity contribution in [1.82, 2.24) is 5.32 Å². The van der Waals surface area contributed by atoms with Gasteiger partial charge in [0.15, 0.2) is 0 Å². The molecule has 2 nitrogen and oxygen atoms in total. The van der Waals surface area contributed by atoms with Gasteiger partial charge in [0.2, 0.25) is 0 Å². The SMILES string of the molecule is CC(C)CNCc1ccc(Br)cc1SCc1ccco1. The van der Waals surface area contributed by atoms with E-state index in [2.05, 4.69) is 53.3 Å². The van der Waals surface area contributed by atoms with Crippen molar-refractivity contribution in [2.24, 2.45) is 5.92 Å². The van der Waals surface area contributed by atoms with Gasteiger partial charge in [0, 0.05) is 15.9 Å². The summed E-state index contributed by atoms with van der Waals surface area (Å²) in [6.07, 6.45) is 1.72. The van der Waals surface area contributed by atoms with Gasteiger partial charge in [-0.05, 0) is 42.3 Å². The van der Waals surface area contributed by atoms with E-state index in [1.165, 1.54) is 10.5 Å². The summed E-state index contributed by atoms with van der Waals surface area (Å²) in [5.74, 6) is 2.54. The standard InChI is InChI=1S/C16H20BrNOS/c1-12(2)9-18-10-13-5-6-14(17)8-16(13)20-11-15-4-3-7-19-15/h3-8,12,18H,9-11H2,1-2H3. The predicted molar refractivity (Wildman–Crippen MR) is 89.0 cm³/mol. The lowest BCUT2D eigenvalue weighted by atomic mass is 10.2. The van der Waals surface area contributed by atoms with Crippen molar-refractivity contribution in [3.05, 3.63) is 52.4 Å². The predicted octanol–water partition coefficient (Wildman–Crippen LogP) is 5.08. The quantitative estimate of drug-likeness (QED) is 0.702. The van der Waals surface area contributed by atoms with Gasteiger partial charge in [-0.15, -0.1) is 11.8 Å². The first-order valence-electron chi connectivity index (χ1n) is 6.79. The van der Waals surface area contributed by atoms with E-state index in [-0.39, 0.29) is 0 Å². The Morgan fingerprint density at radius 1 is 1.30 bits per heavy atom. The second-order valence-corrected chi connectivity index (χ2v) is 7.08. The average molecular weight is 354 g/mol. The Morgan fingerprint density at radius 2 is 2.15 bits per heavy atom. The summed E-state index contributed by atoms with van der Waals surface area (Å²) in [4.78, 5) is 1.30. The van der Waals surface area contributed by atoms with Gasteiger partial charge < -0.3 is 9.73 Å². The highest BCUT2D eigenvalue weighted by atomic mass is 79.9. The Balaban J connectivity index is 1.99. The van der Waals surface area contributed by atoms with E-state index in [1.54, 1.807) is 6.26 Å². The molecule has 0 saturated heterocycles. The average Bonchev–Trinajstić information content (AvgIpc) is 2.91. The number of hydrogen-bond donors (Lipinski definition) is 1. The second kappa shape index (κ2) is 7.91. The van der Waals surface area contributed by atoms with Crippen LogP contribution in [0.1, 0.15) is 25.2 Å². The zero-order chi connectivity index (χ0) is 14.4. The van der Waals surface area contributed by atoms with Crippen molar-refractivity contribution in [3.8, 4) is 0 Å². The first kappa shape index (κ1) is 15.7. The lowest BCUT2D eigenvalue weighted by molar-refractivity contribution is 0.530. The highest BCUT2D eigenvalue weighted by Gasteiger charge is 2.06. The van der Waals surface area contributed by atoms with Gasteiger partial charge in [0.25, 0.3) is 0 Å². The molecule has 1 aromatic carbocycles. The molecule has 0 bridgehead atoms. The Labute approximate surface area is 133 Å². The van der Waals surface area contributed by atoms with E-state index in [0.29, 0.717) is 5.92 Å². The van der Waals surface area contributed by atoms with Crippen molar-refractivity contribution in [2.75, 3.05) is 6.54 Å². The minimum atomic E-state index is 0.671. The number of hydrogen-bond acceptors (Lipinski definition) is 3. The van der Waals surface area contributed by atoms with Crippen LogP contribution in [0.4, 0.5) is 0 Å². The molecule has 0 atom stereocenters. The Bertz CT molecular complexity index is 525. The van der Waals surface area contributed by atoms with Crippen LogP contribution in [0.2, 0.25) is 0 Å². The van der Waals surface area contributed by atoms with Crippen LogP contribution in [-0.2, 0) is 12.3 Å². The first-order valence-corrected chi connectivity index (χ1v) is 8.57. The minimum absolute atomic E-state index is 0.671. The molecule has 0 spiro atoms. The smallest absolute Gasteiger partial charge is 0.113 e. The monoisotopic (exact) mass is 353 g/mol. The summed E-state index contributed by atoms with van der Waals surface area (Å²) in [6.45, 7) is 6.40. The third kappa shape index (κ3) is 5.00. The Hall–Kier alpha value is -0.710. The number of benzene rings is 1. The van der Waals surface area contributed by atoms with Crippen molar-refractivity contribution in [2.45, 2.75) is 31.0 Å². The maximum absolute atomic E-state index is 5.39. The summed E-state index contributed by atoms with van der Waals surface area (Å²) in [6, 6.07) is 10.4. The summed E-state index contributed by atoms with van der Waals surface area (Å²) in [5, 5.41) is 3.50. The molecule has 0 fully saturated rings. The molecule has 1 heterocycles. The Morgan fingerprint density at radius 3 is 2.85 bits per heavy atom. The molecule has 0 radical (unpaired) electrons. The van der Waals surface area contributed by atoms with Crippen molar-refractivity contribution < 1.29 is 4.42 Å². The number of rotatable bonds is 7. The zero-order valence-corrected chi connectivity index (χ0v) is 14.3. The van der Waals surface area contributed by atoms with Crippen LogP contribution in [0, 0.1) is 5.92 Å². The molecule has 0 saturated carbocycles. The van der Waals surface area contributed by atoms with E-state index in [0.717, 1.165) is 29.1 Å². The fourth-order valence-corrected chi connectivity index (χ4v) is 3.36. The molecule has 0 aliphatic carbocycles. The third-order valence-electron chi connectivity index (χ3n) is 2.85. The van der Waals surface area contributed by atoms with Crippen molar-refractivity contribution >= 4 is 27.7 Å². The van der Waals surface area contributed by atoms with E-state index in [9.17, 15) is 0 Å². The normalized spacial score (nSPS) is 11.2. The second-order valence-electron chi connectivity index (χ2n) is 5.14. The number of nitrogens with one attached hydrogen (secondary N) is 1. The number of thioether (sulfide) groups is 1. The fourth-order valence-electron chi connectivity index (χ4n) is 1.85. The minimum Gasteiger partial charge on any atom is -0.468 e. The van der Waals surface area contributed by atoms with Crippen LogP contribution in [0.3, 0.4) is 0 Å². The molecule has 0 aliphatic heterocycles. The van der Waals surface area contributed by atoms with Crippen molar-refractivity contribution in [1.29, 1.82) is 0 Å². The van der Waals surface area contributed by atoms with Gasteiger partial charge in [0.05, 0.1) is 12.0 Å². The molecule has 0 amide bonds. The highest BCUT2D eigenvalue weighted by molar-refractivity contribution is 9.10. The Kier molecular flexibility index (Phi) is 6.20. The lowest BCUT2D eigenvalue weighted by Crippen LogP contribution is -2.19. The highest BCUT2D eigenvalue weighted by Crippen LogP contribution is 2.29. The summed E-state index contributed by atoms with van der Waals surface area (Å²) in [7, 11) is 0. The molecular formula is C16H20BrNOS. The zero-order valence-electron chi connectivity index (χ0n) is 11.9. The molecule has 2 rings (SSSR count). The molecule has 4 heteroatoms. The van der Waals surface area contributed by atoms with E-state index < -0.39 is 0 Å². The van der Waals surface area contributed by atoms with Crippen LogP contribution in [0.15, 0.2) is 50.4 Å². The van der Waals surface area contributed by atoms with Gasteiger partial charge in [0.1, 0.15) is 5.76 Å². The molecular weight excluding hydrogens is 334 g/mol. The summed E-state index contributed by atoms with van der Waals surface area (Å²) < 4.78 is 6.51. The van der Waals surface area contributed by atoms with Crippen LogP contribution in [0.25, 0.3) is 0 Å². The van der Waals surface area contributed by atoms with E-state index in [1.807, 2.05) is 23.9 Å². The van der Waals surface area contributed by atoms with Gasteiger partial charge in [-0.25, -0.2) is 0 Å². The number of furan rings is 1. The summed E-state index contributed by atoms with van der Waals surface area (Å²) in [5.41, 5.74) is 1.34.